The number of hydrogen-bond donors (Lipinski definition) is 1. The molecule has 1 fully saturated rings. The zero-order valence-electron chi connectivity index (χ0n) is 16.2. The Labute approximate surface area is 179 Å². The number of anilines is 3. The third kappa shape index (κ3) is 5.15. The number of carbonyl (C=O) groups is 1. The number of nitrogens with one attached hydrogen (secondary N) is 1. The summed E-state index contributed by atoms with van der Waals surface area (Å²) in [7, 11) is 0. The first kappa shape index (κ1) is 19.9. The summed E-state index contributed by atoms with van der Waals surface area (Å²) in [6, 6.07) is 14.5. The lowest BCUT2D eigenvalue weighted by molar-refractivity contribution is -0.133. The summed E-state index contributed by atoms with van der Waals surface area (Å²) < 4.78 is 5.55. The maximum Gasteiger partial charge on any atom is 0.260 e. The Bertz CT molecular complexity index is 961. The minimum absolute atomic E-state index is 0.0107. The van der Waals surface area contributed by atoms with Gasteiger partial charge in [0.25, 0.3) is 5.91 Å². The van der Waals surface area contributed by atoms with Gasteiger partial charge >= 0.3 is 0 Å². The Balaban J connectivity index is 1.25. The molecule has 0 spiro atoms. The topological polar surface area (TPSA) is 83.5 Å². The predicted octanol–water partition coefficient (Wildman–Crippen LogP) is 3.00. The summed E-state index contributed by atoms with van der Waals surface area (Å²) in [6.45, 7) is 2.62. The maximum atomic E-state index is 12.4. The van der Waals surface area contributed by atoms with Crippen LogP contribution >= 0.6 is 11.6 Å². The molecule has 3 aromatic rings. The molecule has 0 aliphatic carbocycles. The van der Waals surface area contributed by atoms with E-state index in [0.717, 1.165) is 11.5 Å². The minimum Gasteiger partial charge on any atom is -0.484 e. The van der Waals surface area contributed by atoms with Gasteiger partial charge in [0.1, 0.15) is 5.75 Å². The monoisotopic (exact) mass is 424 g/mol. The molecule has 0 radical (unpaired) electrons. The highest BCUT2D eigenvalue weighted by atomic mass is 35.5. The lowest BCUT2D eigenvalue weighted by Crippen LogP contribution is -2.50. The van der Waals surface area contributed by atoms with Gasteiger partial charge in [-0.2, -0.15) is 0 Å². The van der Waals surface area contributed by atoms with Crippen LogP contribution in [-0.2, 0) is 4.79 Å². The number of ether oxygens (including phenoxy) is 1. The standard InChI is InChI=1S/C21H21ClN6O2/c22-16-1-3-18(4-2-16)30-15-21(29)28-13-11-27(12-14-28)20-6-5-19(25-26-20)24-17-7-9-23-10-8-17/h1-10H,11-15H2,(H,23,24,25). The van der Waals surface area contributed by atoms with E-state index in [-0.39, 0.29) is 12.5 Å². The van der Waals surface area contributed by atoms with Crippen LogP contribution in [0.1, 0.15) is 0 Å². The number of piperazine rings is 1. The summed E-state index contributed by atoms with van der Waals surface area (Å²) in [4.78, 5) is 20.3. The van der Waals surface area contributed by atoms with Crippen molar-refractivity contribution in [1.29, 1.82) is 0 Å². The van der Waals surface area contributed by atoms with Crippen LogP contribution in [0.5, 0.6) is 5.75 Å². The van der Waals surface area contributed by atoms with Crippen LogP contribution in [0.4, 0.5) is 17.3 Å². The molecule has 1 aliphatic rings. The van der Waals surface area contributed by atoms with Crippen molar-refractivity contribution < 1.29 is 9.53 Å². The zero-order valence-corrected chi connectivity index (χ0v) is 17.0. The number of carbonyl (C=O) groups excluding carboxylic acids is 1. The van der Waals surface area contributed by atoms with Crippen molar-refractivity contribution in [2.24, 2.45) is 0 Å². The first-order chi connectivity index (χ1) is 14.7. The van der Waals surface area contributed by atoms with E-state index >= 15 is 0 Å². The highest BCUT2D eigenvalue weighted by molar-refractivity contribution is 6.30. The Morgan fingerprint density at radius 3 is 2.37 bits per heavy atom. The van der Waals surface area contributed by atoms with Crippen LogP contribution in [0.3, 0.4) is 0 Å². The summed E-state index contributed by atoms with van der Waals surface area (Å²) in [6.07, 6.45) is 3.43. The average Bonchev–Trinajstić information content (AvgIpc) is 2.80. The number of amides is 1. The Kier molecular flexibility index (Phi) is 6.24. The van der Waals surface area contributed by atoms with Gasteiger partial charge in [-0.05, 0) is 48.5 Å². The fourth-order valence-corrected chi connectivity index (χ4v) is 3.22. The highest BCUT2D eigenvalue weighted by Gasteiger charge is 2.22. The van der Waals surface area contributed by atoms with E-state index in [2.05, 4.69) is 25.4 Å². The van der Waals surface area contributed by atoms with E-state index in [4.69, 9.17) is 16.3 Å². The number of benzene rings is 1. The van der Waals surface area contributed by atoms with Crippen molar-refractivity contribution in [2.75, 3.05) is 43.0 Å². The summed E-state index contributed by atoms with van der Waals surface area (Å²) in [5.74, 6) is 2.05. The Hall–Kier alpha value is -3.39. The van der Waals surface area contributed by atoms with Crippen LogP contribution < -0.4 is 15.0 Å². The molecule has 1 amide bonds. The Morgan fingerprint density at radius 2 is 1.70 bits per heavy atom. The van der Waals surface area contributed by atoms with Gasteiger partial charge in [0.2, 0.25) is 0 Å². The molecule has 0 bridgehead atoms. The first-order valence-electron chi connectivity index (χ1n) is 9.59. The molecule has 1 saturated heterocycles. The number of aromatic nitrogens is 3. The molecule has 2 aromatic heterocycles. The molecule has 1 aliphatic heterocycles. The van der Waals surface area contributed by atoms with Crippen LogP contribution in [-0.4, -0.2) is 58.8 Å². The largest absolute Gasteiger partial charge is 0.484 e. The average molecular weight is 425 g/mol. The van der Waals surface area contributed by atoms with Crippen molar-refractivity contribution in [1.82, 2.24) is 20.1 Å². The van der Waals surface area contributed by atoms with Crippen molar-refractivity contribution in [3.8, 4) is 5.75 Å². The van der Waals surface area contributed by atoms with Crippen LogP contribution in [0.25, 0.3) is 0 Å². The molecule has 1 N–H and O–H groups in total. The molecule has 8 nitrogen and oxygen atoms in total. The van der Waals surface area contributed by atoms with Crippen molar-refractivity contribution in [2.45, 2.75) is 0 Å². The predicted molar refractivity (Wildman–Crippen MR) is 115 cm³/mol. The molecule has 0 saturated carbocycles. The quantitative estimate of drug-likeness (QED) is 0.651. The van der Waals surface area contributed by atoms with E-state index in [1.54, 1.807) is 41.6 Å². The molecule has 3 heterocycles. The van der Waals surface area contributed by atoms with Gasteiger partial charge in [-0.25, -0.2) is 0 Å². The number of hydrogen-bond acceptors (Lipinski definition) is 7. The van der Waals surface area contributed by atoms with Gasteiger partial charge in [0.05, 0.1) is 0 Å². The number of pyridine rings is 1. The summed E-state index contributed by atoms with van der Waals surface area (Å²) >= 11 is 5.85. The third-order valence-corrected chi connectivity index (χ3v) is 4.99. The molecule has 0 unspecified atom stereocenters. The van der Waals surface area contributed by atoms with Gasteiger partial charge in [-0.3, -0.25) is 9.78 Å². The summed E-state index contributed by atoms with van der Waals surface area (Å²) in [5.41, 5.74) is 0.903. The van der Waals surface area contributed by atoms with Crippen molar-refractivity contribution >= 4 is 34.8 Å². The fraction of sp³-hybridized carbons (Fsp3) is 0.238. The SMILES string of the molecule is O=C(COc1ccc(Cl)cc1)N1CCN(c2ccc(Nc3ccncc3)nn2)CC1. The molecule has 154 valence electrons. The van der Waals surface area contributed by atoms with Crippen LogP contribution in [0.2, 0.25) is 5.02 Å². The minimum atomic E-state index is -0.0346. The van der Waals surface area contributed by atoms with Gasteiger partial charge < -0.3 is 19.9 Å². The molecular weight excluding hydrogens is 404 g/mol. The van der Waals surface area contributed by atoms with E-state index in [1.165, 1.54) is 0 Å². The van der Waals surface area contributed by atoms with Gasteiger partial charge in [0.15, 0.2) is 18.2 Å². The molecule has 1 aromatic carbocycles. The Morgan fingerprint density at radius 1 is 0.967 bits per heavy atom. The van der Waals surface area contributed by atoms with E-state index in [9.17, 15) is 4.79 Å². The third-order valence-electron chi connectivity index (χ3n) is 4.74. The molecule has 9 heteroatoms. The van der Waals surface area contributed by atoms with E-state index < -0.39 is 0 Å². The second-order valence-corrected chi connectivity index (χ2v) is 7.18. The number of rotatable bonds is 6. The molecular formula is C21H21ClN6O2. The second kappa shape index (κ2) is 9.41. The second-order valence-electron chi connectivity index (χ2n) is 6.75. The maximum absolute atomic E-state index is 12.4. The van der Waals surface area contributed by atoms with Crippen molar-refractivity contribution in [3.63, 3.8) is 0 Å². The zero-order chi connectivity index (χ0) is 20.8. The summed E-state index contributed by atoms with van der Waals surface area (Å²) in [5, 5.41) is 12.4. The molecule has 0 atom stereocenters. The normalized spacial score (nSPS) is 13.8. The fourth-order valence-electron chi connectivity index (χ4n) is 3.10. The van der Waals surface area contributed by atoms with Gasteiger partial charge in [-0.1, -0.05) is 11.6 Å². The van der Waals surface area contributed by atoms with Crippen LogP contribution in [0, 0.1) is 0 Å². The van der Waals surface area contributed by atoms with Gasteiger partial charge in [0, 0.05) is 49.3 Å². The van der Waals surface area contributed by atoms with Gasteiger partial charge in [-0.15, -0.1) is 10.2 Å². The van der Waals surface area contributed by atoms with Crippen LogP contribution in [0.15, 0.2) is 60.9 Å². The van der Waals surface area contributed by atoms with Crippen molar-refractivity contribution in [3.05, 3.63) is 65.9 Å². The molecule has 30 heavy (non-hydrogen) atoms. The smallest absolute Gasteiger partial charge is 0.260 e. The number of nitrogens with zero attached hydrogens (tertiary/aromatic N) is 5. The first-order valence-corrected chi connectivity index (χ1v) is 9.97. The lowest BCUT2D eigenvalue weighted by atomic mass is 10.3. The van der Waals surface area contributed by atoms with E-state index in [0.29, 0.717) is 42.8 Å². The van der Waals surface area contributed by atoms with E-state index in [1.807, 2.05) is 24.3 Å². The lowest BCUT2D eigenvalue weighted by Gasteiger charge is -2.35. The highest BCUT2D eigenvalue weighted by Crippen LogP contribution is 2.18. The number of halogens is 1. The molecule has 4 rings (SSSR count).